The molecule has 0 heterocycles. The predicted molar refractivity (Wildman–Crippen MR) is 113 cm³/mol. The van der Waals surface area contributed by atoms with E-state index in [-0.39, 0.29) is 27.7 Å². The summed E-state index contributed by atoms with van der Waals surface area (Å²) in [5.74, 6) is -0.497. The third-order valence-corrected chi connectivity index (χ3v) is 3.71. The van der Waals surface area contributed by atoms with E-state index >= 15 is 0 Å². The Balaban J connectivity index is 0. The number of carbonyl (C=O) groups excluding carboxylic acids is 2. The van der Waals surface area contributed by atoms with Crippen LogP contribution in [-0.4, -0.2) is 17.4 Å². The first-order valence-corrected chi connectivity index (χ1v) is 9.16. The molecule has 0 bridgehead atoms. The van der Waals surface area contributed by atoms with Crippen molar-refractivity contribution < 1.29 is 9.59 Å². The zero-order valence-electron chi connectivity index (χ0n) is 18.8. The van der Waals surface area contributed by atoms with Crippen LogP contribution in [0.1, 0.15) is 82.1 Å². The molecule has 0 aromatic carbocycles. The fraction of sp³-hybridized carbons (Fsp3) is 0.727. The number of amides is 2. The summed E-state index contributed by atoms with van der Waals surface area (Å²) < 4.78 is 0. The minimum atomic E-state index is -0.394. The van der Waals surface area contributed by atoms with E-state index in [9.17, 15) is 9.59 Å². The number of nitrogens with one attached hydrogen (secondary N) is 1. The smallest absolute Gasteiger partial charge is 0.244 e. The molecule has 0 fully saturated rings. The molecule has 0 atom stereocenters. The number of primary amides is 1. The molecule has 26 heavy (non-hydrogen) atoms. The first kappa shape index (κ1) is 26.6. The van der Waals surface area contributed by atoms with Gasteiger partial charge in [0.2, 0.25) is 11.8 Å². The first-order chi connectivity index (χ1) is 11.2. The minimum absolute atomic E-state index is 0.103. The van der Waals surface area contributed by atoms with Crippen molar-refractivity contribution in [1.29, 1.82) is 0 Å². The summed E-state index contributed by atoms with van der Waals surface area (Å²) in [6.07, 6.45) is 3.16. The molecule has 0 aromatic heterocycles. The third kappa shape index (κ3) is 13.7. The van der Waals surface area contributed by atoms with Crippen molar-refractivity contribution in [2.24, 2.45) is 22.0 Å². The Morgan fingerprint density at radius 3 is 1.54 bits per heavy atom. The van der Waals surface area contributed by atoms with Gasteiger partial charge >= 0.3 is 0 Å². The van der Waals surface area contributed by atoms with Crippen molar-refractivity contribution in [2.75, 3.05) is 0 Å². The van der Waals surface area contributed by atoms with Gasteiger partial charge in [-0.3, -0.25) is 9.59 Å². The van der Waals surface area contributed by atoms with Crippen LogP contribution in [0.15, 0.2) is 24.8 Å². The van der Waals surface area contributed by atoms with Gasteiger partial charge in [0.15, 0.2) is 0 Å². The normalized spacial score (nSPS) is 12.5. The molecule has 2 amide bonds. The molecule has 0 aliphatic carbocycles. The van der Waals surface area contributed by atoms with Crippen molar-refractivity contribution in [3.63, 3.8) is 0 Å². The molecule has 0 radical (unpaired) electrons. The van der Waals surface area contributed by atoms with E-state index in [1.165, 1.54) is 6.08 Å². The Kier molecular flexibility index (Phi) is 9.62. The lowest BCUT2D eigenvalue weighted by atomic mass is 9.72. The second-order valence-corrected chi connectivity index (χ2v) is 10.8. The highest BCUT2D eigenvalue weighted by molar-refractivity contribution is 5.92. The second kappa shape index (κ2) is 9.38. The molecule has 4 nitrogen and oxygen atoms in total. The van der Waals surface area contributed by atoms with Gasteiger partial charge in [0.25, 0.3) is 0 Å². The largest absolute Gasteiger partial charge is 0.366 e. The van der Waals surface area contributed by atoms with Crippen LogP contribution in [0.25, 0.3) is 0 Å². The maximum atomic E-state index is 11.1. The van der Waals surface area contributed by atoms with E-state index in [0.717, 1.165) is 12.8 Å². The molecule has 3 N–H and O–H groups in total. The van der Waals surface area contributed by atoms with Crippen molar-refractivity contribution in [3.05, 3.63) is 24.8 Å². The van der Waals surface area contributed by atoms with E-state index in [4.69, 9.17) is 5.73 Å². The van der Waals surface area contributed by atoms with Gasteiger partial charge in [-0.05, 0) is 49.0 Å². The standard InChI is InChI=1S/2C11H21NO/c1-8(9(12)13)11(5,6)7-10(2,3)4;1-7-9(13)12-11(5,6)8-10(2,3)4/h1,7H2,2-6H3,(H2,12,13);7H,1,8H2,2-6H3,(H,12,13). The summed E-state index contributed by atoms with van der Waals surface area (Å²) in [6.45, 7) is 28.1. The van der Waals surface area contributed by atoms with Crippen LogP contribution in [-0.2, 0) is 9.59 Å². The van der Waals surface area contributed by atoms with Crippen LogP contribution in [0.4, 0.5) is 0 Å². The number of rotatable bonds is 6. The highest BCUT2D eigenvalue weighted by Gasteiger charge is 2.30. The molecule has 0 rings (SSSR count). The van der Waals surface area contributed by atoms with Gasteiger partial charge in [-0.25, -0.2) is 0 Å². The van der Waals surface area contributed by atoms with Gasteiger partial charge in [-0.1, -0.05) is 68.5 Å². The highest BCUT2D eigenvalue weighted by atomic mass is 16.2. The summed E-state index contributed by atoms with van der Waals surface area (Å²) in [4.78, 5) is 22.0. The van der Waals surface area contributed by atoms with Crippen LogP contribution in [0, 0.1) is 16.2 Å². The molecule has 152 valence electrons. The van der Waals surface area contributed by atoms with Crippen molar-refractivity contribution in [2.45, 2.75) is 87.6 Å². The molecule has 0 aliphatic rings. The summed E-state index contributed by atoms with van der Waals surface area (Å²) >= 11 is 0. The summed E-state index contributed by atoms with van der Waals surface area (Å²) in [7, 11) is 0. The van der Waals surface area contributed by atoms with Crippen LogP contribution in [0.3, 0.4) is 0 Å². The molecule has 0 unspecified atom stereocenters. The van der Waals surface area contributed by atoms with Gasteiger partial charge in [0, 0.05) is 11.1 Å². The Morgan fingerprint density at radius 1 is 0.885 bits per heavy atom. The third-order valence-electron chi connectivity index (χ3n) is 3.71. The van der Waals surface area contributed by atoms with Crippen LogP contribution < -0.4 is 11.1 Å². The van der Waals surface area contributed by atoms with E-state index in [1.54, 1.807) is 0 Å². The van der Waals surface area contributed by atoms with Crippen LogP contribution in [0.5, 0.6) is 0 Å². The molecule has 0 saturated heterocycles. The Hall–Kier alpha value is -1.58. The highest BCUT2D eigenvalue weighted by Crippen LogP contribution is 2.37. The van der Waals surface area contributed by atoms with Crippen LogP contribution in [0.2, 0.25) is 0 Å². The average molecular weight is 367 g/mol. The van der Waals surface area contributed by atoms with Gasteiger partial charge in [0.05, 0.1) is 0 Å². The van der Waals surface area contributed by atoms with Gasteiger partial charge in [-0.15, -0.1) is 0 Å². The summed E-state index contributed by atoms with van der Waals surface area (Å²) in [6, 6.07) is 0. The van der Waals surface area contributed by atoms with Crippen LogP contribution >= 0.6 is 0 Å². The second-order valence-electron chi connectivity index (χ2n) is 10.8. The zero-order valence-corrected chi connectivity index (χ0v) is 18.8. The van der Waals surface area contributed by atoms with E-state index in [2.05, 4.69) is 60.0 Å². The molecule has 4 heteroatoms. The molecule has 0 aromatic rings. The van der Waals surface area contributed by atoms with Gasteiger partial charge < -0.3 is 11.1 Å². The van der Waals surface area contributed by atoms with E-state index in [0.29, 0.717) is 5.57 Å². The molecule has 0 saturated carbocycles. The molecular weight excluding hydrogens is 324 g/mol. The number of hydrogen-bond donors (Lipinski definition) is 2. The monoisotopic (exact) mass is 366 g/mol. The fourth-order valence-electron chi connectivity index (χ4n) is 3.52. The van der Waals surface area contributed by atoms with Crippen molar-refractivity contribution in [1.82, 2.24) is 5.32 Å². The summed E-state index contributed by atoms with van der Waals surface area (Å²) in [5, 5.41) is 2.91. The summed E-state index contributed by atoms with van der Waals surface area (Å²) in [5.41, 5.74) is 5.75. The van der Waals surface area contributed by atoms with Crippen molar-refractivity contribution >= 4 is 11.8 Å². The first-order valence-electron chi connectivity index (χ1n) is 9.16. The zero-order chi connectivity index (χ0) is 21.6. The fourth-order valence-corrected chi connectivity index (χ4v) is 3.52. The lowest BCUT2D eigenvalue weighted by Crippen LogP contribution is -2.45. The minimum Gasteiger partial charge on any atom is -0.366 e. The number of carbonyl (C=O) groups is 2. The quantitative estimate of drug-likeness (QED) is 0.650. The number of hydrogen-bond acceptors (Lipinski definition) is 2. The van der Waals surface area contributed by atoms with Crippen molar-refractivity contribution in [3.8, 4) is 0 Å². The van der Waals surface area contributed by atoms with Gasteiger partial charge in [0.1, 0.15) is 0 Å². The maximum Gasteiger partial charge on any atom is 0.244 e. The molecule has 0 spiro atoms. The Labute approximate surface area is 161 Å². The Bertz CT molecular complexity index is 513. The number of nitrogens with two attached hydrogens (primary N) is 1. The lowest BCUT2D eigenvalue weighted by molar-refractivity contribution is -0.118. The lowest BCUT2D eigenvalue weighted by Gasteiger charge is -2.32. The van der Waals surface area contributed by atoms with Gasteiger partial charge in [-0.2, -0.15) is 0 Å². The van der Waals surface area contributed by atoms with E-state index < -0.39 is 5.91 Å². The topological polar surface area (TPSA) is 72.2 Å². The van der Waals surface area contributed by atoms with E-state index in [1.807, 2.05) is 27.7 Å². The maximum absolute atomic E-state index is 11.1. The SMILES string of the molecule is C=C(C(N)=O)C(C)(C)CC(C)(C)C.C=CC(=O)NC(C)(C)CC(C)(C)C. The molecular formula is C22H42N2O2. The Morgan fingerprint density at radius 2 is 1.27 bits per heavy atom. The molecule has 0 aliphatic heterocycles. The predicted octanol–water partition coefficient (Wildman–Crippen LogP) is 4.99. The average Bonchev–Trinajstić information content (AvgIpc) is 2.31.